The minimum atomic E-state index is -0.0593. The number of nitrogens with zero attached hydrogens (tertiary/aromatic N) is 2. The van der Waals surface area contributed by atoms with Crippen molar-refractivity contribution >= 4 is 17.5 Å². The second-order valence-corrected chi connectivity index (χ2v) is 7.57. The van der Waals surface area contributed by atoms with Gasteiger partial charge in [-0.05, 0) is 49.4 Å². The summed E-state index contributed by atoms with van der Waals surface area (Å²) in [5, 5.41) is 0. The molecular weight excluding hydrogens is 304 g/mol. The molecule has 0 unspecified atom stereocenters. The number of methoxy groups -OCH3 is 1. The summed E-state index contributed by atoms with van der Waals surface area (Å²) in [4.78, 5) is 28.8. The van der Waals surface area contributed by atoms with E-state index in [0.29, 0.717) is 25.3 Å². The van der Waals surface area contributed by atoms with Crippen molar-refractivity contribution in [2.24, 2.45) is 11.3 Å². The van der Waals surface area contributed by atoms with Gasteiger partial charge < -0.3 is 14.5 Å². The predicted molar refractivity (Wildman–Crippen MR) is 90.9 cm³/mol. The molecule has 1 atom stereocenters. The molecule has 4 rings (SSSR count). The van der Waals surface area contributed by atoms with Crippen molar-refractivity contribution in [3.63, 3.8) is 0 Å². The highest BCUT2D eigenvalue weighted by molar-refractivity contribution is 5.96. The third-order valence-corrected chi connectivity index (χ3v) is 5.66. The molecular formula is C19H24N2O3. The van der Waals surface area contributed by atoms with E-state index in [9.17, 15) is 9.59 Å². The third-order valence-electron chi connectivity index (χ3n) is 5.66. The van der Waals surface area contributed by atoms with Gasteiger partial charge in [0.25, 0.3) is 0 Å². The first-order valence-electron chi connectivity index (χ1n) is 8.81. The molecule has 0 N–H and O–H groups in total. The van der Waals surface area contributed by atoms with Crippen LogP contribution in [0.15, 0.2) is 24.3 Å². The number of anilines is 1. The molecule has 3 fully saturated rings. The van der Waals surface area contributed by atoms with Crippen molar-refractivity contribution in [1.82, 2.24) is 4.90 Å². The quantitative estimate of drug-likeness (QED) is 0.853. The highest BCUT2D eigenvalue weighted by Crippen LogP contribution is 2.43. The minimum Gasteiger partial charge on any atom is -0.497 e. The molecule has 24 heavy (non-hydrogen) atoms. The van der Waals surface area contributed by atoms with Crippen LogP contribution in [0.2, 0.25) is 0 Å². The van der Waals surface area contributed by atoms with Crippen molar-refractivity contribution in [2.45, 2.75) is 32.1 Å². The van der Waals surface area contributed by atoms with E-state index in [1.54, 1.807) is 7.11 Å². The number of carbonyl (C=O) groups excluding carboxylic acids is 2. The standard InChI is InChI=1S/C19H24N2O3/c1-24-16-6-4-15(5-7-16)21-13-19(11-18(21)23)8-9-20(12-19)17(22)10-14-2-3-14/h4-7,14H,2-3,8-13H2,1H3/t19-/m0/s1. The Labute approximate surface area is 142 Å². The molecule has 5 heteroatoms. The Hall–Kier alpha value is -2.04. The number of benzene rings is 1. The molecule has 1 saturated carbocycles. The summed E-state index contributed by atoms with van der Waals surface area (Å²) in [5.41, 5.74) is 0.858. The lowest BCUT2D eigenvalue weighted by Crippen LogP contribution is -2.34. The zero-order valence-electron chi connectivity index (χ0n) is 14.2. The van der Waals surface area contributed by atoms with E-state index in [1.165, 1.54) is 12.8 Å². The van der Waals surface area contributed by atoms with Crippen LogP contribution >= 0.6 is 0 Å². The number of rotatable bonds is 4. The minimum absolute atomic E-state index is 0.0593. The molecule has 0 aromatic heterocycles. The molecule has 1 spiro atoms. The average Bonchev–Trinajstić information content (AvgIpc) is 3.21. The zero-order chi connectivity index (χ0) is 16.7. The Kier molecular flexibility index (Phi) is 3.74. The van der Waals surface area contributed by atoms with Crippen LogP contribution in [-0.4, -0.2) is 43.5 Å². The monoisotopic (exact) mass is 328 g/mol. The molecule has 0 bridgehead atoms. The molecule has 1 aromatic rings. The van der Waals surface area contributed by atoms with Crippen LogP contribution in [-0.2, 0) is 9.59 Å². The number of ether oxygens (including phenoxy) is 1. The number of hydrogen-bond acceptors (Lipinski definition) is 3. The molecule has 2 amide bonds. The van der Waals surface area contributed by atoms with Crippen LogP contribution in [0.25, 0.3) is 0 Å². The third kappa shape index (κ3) is 2.87. The van der Waals surface area contributed by atoms with Gasteiger partial charge in [-0.15, -0.1) is 0 Å². The second kappa shape index (κ2) is 5.80. The fraction of sp³-hybridized carbons (Fsp3) is 0.579. The summed E-state index contributed by atoms with van der Waals surface area (Å²) < 4.78 is 5.18. The average molecular weight is 328 g/mol. The molecule has 2 aliphatic heterocycles. The largest absolute Gasteiger partial charge is 0.497 e. The maximum absolute atomic E-state index is 12.5. The van der Waals surface area contributed by atoms with E-state index in [0.717, 1.165) is 30.9 Å². The zero-order valence-corrected chi connectivity index (χ0v) is 14.2. The smallest absolute Gasteiger partial charge is 0.227 e. The fourth-order valence-corrected chi connectivity index (χ4v) is 4.01. The van der Waals surface area contributed by atoms with Crippen LogP contribution in [0.3, 0.4) is 0 Å². The van der Waals surface area contributed by atoms with Crippen molar-refractivity contribution < 1.29 is 14.3 Å². The Balaban J connectivity index is 1.44. The highest BCUT2D eigenvalue weighted by Gasteiger charge is 2.49. The van der Waals surface area contributed by atoms with Gasteiger partial charge >= 0.3 is 0 Å². The molecule has 5 nitrogen and oxygen atoms in total. The lowest BCUT2D eigenvalue weighted by molar-refractivity contribution is -0.131. The number of hydrogen-bond donors (Lipinski definition) is 0. The number of likely N-dealkylation sites (tertiary alicyclic amines) is 1. The van der Waals surface area contributed by atoms with Crippen LogP contribution in [0.4, 0.5) is 5.69 Å². The van der Waals surface area contributed by atoms with E-state index in [1.807, 2.05) is 34.1 Å². The summed E-state index contributed by atoms with van der Waals surface area (Å²) in [6, 6.07) is 7.63. The summed E-state index contributed by atoms with van der Waals surface area (Å²) >= 11 is 0. The van der Waals surface area contributed by atoms with Crippen molar-refractivity contribution in [3.05, 3.63) is 24.3 Å². The van der Waals surface area contributed by atoms with E-state index in [4.69, 9.17) is 4.74 Å². The van der Waals surface area contributed by atoms with Crippen molar-refractivity contribution in [3.8, 4) is 5.75 Å². The van der Waals surface area contributed by atoms with E-state index < -0.39 is 0 Å². The number of carbonyl (C=O) groups is 2. The van der Waals surface area contributed by atoms with Crippen LogP contribution in [0.1, 0.15) is 32.1 Å². The SMILES string of the molecule is COc1ccc(N2C[C@@]3(CCN(C(=O)CC4CC4)C3)CC2=O)cc1. The lowest BCUT2D eigenvalue weighted by Gasteiger charge is -2.24. The summed E-state index contributed by atoms with van der Waals surface area (Å²) in [6.07, 6.45) is 4.59. The molecule has 0 radical (unpaired) electrons. The highest BCUT2D eigenvalue weighted by atomic mass is 16.5. The topological polar surface area (TPSA) is 49.9 Å². The molecule has 1 aliphatic carbocycles. The van der Waals surface area contributed by atoms with E-state index >= 15 is 0 Å². The van der Waals surface area contributed by atoms with Crippen molar-refractivity contribution in [1.29, 1.82) is 0 Å². The van der Waals surface area contributed by atoms with Crippen LogP contribution in [0, 0.1) is 11.3 Å². The molecule has 2 saturated heterocycles. The molecule has 128 valence electrons. The first kappa shape index (κ1) is 15.5. The fourth-order valence-electron chi connectivity index (χ4n) is 4.01. The lowest BCUT2D eigenvalue weighted by atomic mass is 9.86. The predicted octanol–water partition coefficient (Wildman–Crippen LogP) is 2.45. The molecule has 1 aromatic carbocycles. The van der Waals surface area contributed by atoms with Gasteiger partial charge in [0, 0.05) is 43.6 Å². The maximum Gasteiger partial charge on any atom is 0.227 e. The Morgan fingerprint density at radius 3 is 2.67 bits per heavy atom. The maximum atomic E-state index is 12.5. The summed E-state index contributed by atoms with van der Waals surface area (Å²) in [7, 11) is 1.64. The first-order valence-corrected chi connectivity index (χ1v) is 8.81. The first-order chi connectivity index (χ1) is 11.6. The van der Waals surface area contributed by atoms with Gasteiger partial charge in [-0.3, -0.25) is 9.59 Å². The van der Waals surface area contributed by atoms with Gasteiger partial charge in [-0.2, -0.15) is 0 Å². The summed E-state index contributed by atoms with van der Waals surface area (Å²) in [6.45, 7) is 2.25. The van der Waals surface area contributed by atoms with Gasteiger partial charge in [0.05, 0.1) is 7.11 Å². The van der Waals surface area contributed by atoms with Gasteiger partial charge in [-0.1, -0.05) is 0 Å². The Bertz CT molecular complexity index is 653. The van der Waals surface area contributed by atoms with Crippen molar-refractivity contribution in [2.75, 3.05) is 31.6 Å². The molecule has 3 aliphatic rings. The Morgan fingerprint density at radius 2 is 2.00 bits per heavy atom. The Morgan fingerprint density at radius 1 is 1.25 bits per heavy atom. The van der Waals surface area contributed by atoms with E-state index in [2.05, 4.69) is 0 Å². The van der Waals surface area contributed by atoms with E-state index in [-0.39, 0.29) is 17.2 Å². The van der Waals surface area contributed by atoms with Crippen LogP contribution in [0.5, 0.6) is 5.75 Å². The molecule has 2 heterocycles. The van der Waals surface area contributed by atoms with Gasteiger partial charge in [0.2, 0.25) is 11.8 Å². The van der Waals surface area contributed by atoms with Gasteiger partial charge in [0.1, 0.15) is 5.75 Å². The summed E-state index contributed by atoms with van der Waals surface area (Å²) in [5.74, 6) is 1.86. The number of amides is 2. The normalized spacial score (nSPS) is 26.5. The van der Waals surface area contributed by atoms with Gasteiger partial charge in [-0.25, -0.2) is 0 Å². The van der Waals surface area contributed by atoms with Crippen LogP contribution < -0.4 is 9.64 Å². The second-order valence-electron chi connectivity index (χ2n) is 7.57. The van der Waals surface area contributed by atoms with Gasteiger partial charge in [0.15, 0.2) is 0 Å².